The van der Waals surface area contributed by atoms with Gasteiger partial charge in [0.25, 0.3) is 0 Å². The van der Waals surface area contributed by atoms with E-state index in [4.69, 9.17) is 9.97 Å². The van der Waals surface area contributed by atoms with Gasteiger partial charge < -0.3 is 0 Å². The van der Waals surface area contributed by atoms with Gasteiger partial charge in [-0.05, 0) is 61.4 Å². The third-order valence-corrected chi connectivity index (χ3v) is 5.97. The second-order valence-electron chi connectivity index (χ2n) is 8.14. The molecule has 0 aliphatic rings. The van der Waals surface area contributed by atoms with Crippen molar-refractivity contribution < 1.29 is 0 Å². The summed E-state index contributed by atoms with van der Waals surface area (Å²) in [5.74, 6) is 0.579. The van der Waals surface area contributed by atoms with E-state index >= 15 is 0 Å². The van der Waals surface area contributed by atoms with Crippen LogP contribution in [0.3, 0.4) is 0 Å². The first-order valence-electron chi connectivity index (χ1n) is 10.9. The van der Waals surface area contributed by atoms with Crippen LogP contribution in [0.5, 0.6) is 0 Å². The Hall–Kier alpha value is -2.74. The quantitative estimate of drug-likeness (QED) is 0.319. The Kier molecular flexibility index (Phi) is 5.62. The Labute approximate surface area is 174 Å². The van der Waals surface area contributed by atoms with Gasteiger partial charge in [0.15, 0.2) is 0 Å². The minimum Gasteiger partial charge on any atom is -0.251 e. The van der Waals surface area contributed by atoms with E-state index in [-0.39, 0.29) is 0 Å². The molecule has 148 valence electrons. The number of aryl methyl sites for hydroxylation is 2. The molecule has 0 saturated heterocycles. The van der Waals surface area contributed by atoms with Crippen molar-refractivity contribution in [3.05, 3.63) is 71.5 Å². The van der Waals surface area contributed by atoms with E-state index in [1.54, 1.807) is 0 Å². The van der Waals surface area contributed by atoms with Crippen LogP contribution in [0.15, 0.2) is 54.6 Å². The molecule has 0 amide bonds. The molecule has 0 saturated carbocycles. The minimum absolute atomic E-state index is 0.579. The Balaban J connectivity index is 2.00. The molecule has 2 aromatic carbocycles. The minimum atomic E-state index is 0.579. The van der Waals surface area contributed by atoms with Crippen molar-refractivity contribution in [2.75, 3.05) is 0 Å². The van der Waals surface area contributed by atoms with Crippen LogP contribution < -0.4 is 0 Å². The fraction of sp³-hybridized carbons (Fsp3) is 0.333. The van der Waals surface area contributed by atoms with E-state index in [2.05, 4.69) is 82.3 Å². The van der Waals surface area contributed by atoms with Gasteiger partial charge in [-0.15, -0.1) is 0 Å². The summed E-state index contributed by atoms with van der Waals surface area (Å²) < 4.78 is 0. The van der Waals surface area contributed by atoms with Gasteiger partial charge in [0, 0.05) is 22.2 Å². The molecule has 1 unspecified atom stereocenters. The molecule has 2 aromatic heterocycles. The predicted molar refractivity (Wildman–Crippen MR) is 125 cm³/mol. The number of aromatic nitrogens is 2. The molecule has 4 rings (SSSR count). The Morgan fingerprint density at radius 2 is 1.45 bits per heavy atom. The number of unbranched alkanes of at least 4 members (excludes halogenated alkanes) is 1. The standard InChI is InChI=1S/C27H30N2/c1-5-7-11-20(6-2)24-16-18(3)28-26-22(24)14-15-23-25(17-19(4)29-27(23)26)21-12-9-8-10-13-21/h8-10,12-17,20H,5-7,11H2,1-4H3. The third-order valence-electron chi connectivity index (χ3n) is 5.97. The Morgan fingerprint density at radius 3 is 2.14 bits per heavy atom. The molecule has 2 heterocycles. The maximum absolute atomic E-state index is 4.97. The highest BCUT2D eigenvalue weighted by atomic mass is 14.8. The summed E-state index contributed by atoms with van der Waals surface area (Å²) in [7, 11) is 0. The van der Waals surface area contributed by atoms with Crippen LogP contribution in [0.25, 0.3) is 32.9 Å². The van der Waals surface area contributed by atoms with Gasteiger partial charge in [-0.3, -0.25) is 9.97 Å². The third kappa shape index (κ3) is 3.76. The van der Waals surface area contributed by atoms with Gasteiger partial charge in [-0.25, -0.2) is 0 Å². The molecule has 0 aliphatic carbocycles. The van der Waals surface area contributed by atoms with Crippen molar-refractivity contribution in [1.82, 2.24) is 9.97 Å². The van der Waals surface area contributed by atoms with Gasteiger partial charge in [-0.1, -0.05) is 69.2 Å². The van der Waals surface area contributed by atoms with E-state index in [0.29, 0.717) is 5.92 Å². The lowest BCUT2D eigenvalue weighted by Crippen LogP contribution is -2.02. The molecule has 0 aliphatic heterocycles. The lowest BCUT2D eigenvalue weighted by atomic mass is 9.87. The largest absolute Gasteiger partial charge is 0.251 e. The lowest BCUT2D eigenvalue weighted by molar-refractivity contribution is 0.572. The molecule has 4 aromatic rings. The number of rotatable bonds is 6. The predicted octanol–water partition coefficient (Wildman–Crippen LogP) is 7.75. The maximum atomic E-state index is 4.97. The van der Waals surface area contributed by atoms with Crippen LogP contribution in [-0.2, 0) is 0 Å². The summed E-state index contributed by atoms with van der Waals surface area (Å²) in [6.07, 6.45) is 4.90. The second-order valence-corrected chi connectivity index (χ2v) is 8.14. The molecule has 0 fully saturated rings. The molecule has 0 N–H and O–H groups in total. The fourth-order valence-corrected chi connectivity index (χ4v) is 4.49. The van der Waals surface area contributed by atoms with Crippen molar-refractivity contribution >= 4 is 21.8 Å². The highest BCUT2D eigenvalue weighted by Crippen LogP contribution is 2.37. The first-order valence-corrected chi connectivity index (χ1v) is 10.9. The van der Waals surface area contributed by atoms with Crippen molar-refractivity contribution in [2.45, 2.75) is 59.3 Å². The van der Waals surface area contributed by atoms with E-state index < -0.39 is 0 Å². The van der Waals surface area contributed by atoms with Crippen LogP contribution in [0.2, 0.25) is 0 Å². The lowest BCUT2D eigenvalue weighted by Gasteiger charge is -2.19. The maximum Gasteiger partial charge on any atom is 0.0974 e. The molecule has 2 nitrogen and oxygen atoms in total. The van der Waals surface area contributed by atoms with Crippen molar-refractivity contribution in [2.24, 2.45) is 0 Å². The molecule has 1 atom stereocenters. The van der Waals surface area contributed by atoms with Gasteiger partial charge in [0.1, 0.15) is 0 Å². The number of fused-ring (bicyclic) bond motifs is 3. The summed E-state index contributed by atoms with van der Waals surface area (Å²) in [4.78, 5) is 9.93. The zero-order valence-electron chi connectivity index (χ0n) is 18.0. The molecule has 29 heavy (non-hydrogen) atoms. The number of hydrogen-bond acceptors (Lipinski definition) is 2. The zero-order valence-corrected chi connectivity index (χ0v) is 18.0. The summed E-state index contributed by atoms with van der Waals surface area (Å²) in [6, 6.07) is 19.6. The Morgan fingerprint density at radius 1 is 0.793 bits per heavy atom. The second kappa shape index (κ2) is 8.32. The van der Waals surface area contributed by atoms with Crippen molar-refractivity contribution in [3.63, 3.8) is 0 Å². The fourth-order valence-electron chi connectivity index (χ4n) is 4.49. The van der Waals surface area contributed by atoms with E-state index in [1.165, 1.54) is 46.7 Å². The smallest absolute Gasteiger partial charge is 0.0974 e. The van der Waals surface area contributed by atoms with Crippen LogP contribution >= 0.6 is 0 Å². The SMILES string of the molecule is CCCCC(CC)c1cc(C)nc2c1ccc1c(-c3ccccc3)cc(C)nc12. The summed E-state index contributed by atoms with van der Waals surface area (Å²) in [5.41, 5.74) is 8.09. The zero-order chi connectivity index (χ0) is 20.4. The van der Waals surface area contributed by atoms with Gasteiger partial charge in [0.05, 0.1) is 11.0 Å². The number of benzene rings is 2. The molecule has 0 spiro atoms. The number of hydrogen-bond donors (Lipinski definition) is 0. The normalized spacial score (nSPS) is 12.6. The molecular formula is C27H30N2. The molecule has 2 heteroatoms. The van der Waals surface area contributed by atoms with E-state index in [1.807, 2.05) is 0 Å². The van der Waals surface area contributed by atoms with Crippen molar-refractivity contribution in [1.29, 1.82) is 0 Å². The first kappa shape index (κ1) is 19.6. The average molecular weight is 383 g/mol. The highest BCUT2D eigenvalue weighted by Gasteiger charge is 2.17. The van der Waals surface area contributed by atoms with Gasteiger partial charge in [0.2, 0.25) is 0 Å². The van der Waals surface area contributed by atoms with Crippen LogP contribution in [0.4, 0.5) is 0 Å². The summed E-state index contributed by atoms with van der Waals surface area (Å²) >= 11 is 0. The van der Waals surface area contributed by atoms with Gasteiger partial charge >= 0.3 is 0 Å². The molecular weight excluding hydrogens is 352 g/mol. The topological polar surface area (TPSA) is 25.8 Å². The number of nitrogens with zero attached hydrogens (tertiary/aromatic N) is 2. The highest BCUT2D eigenvalue weighted by molar-refractivity contribution is 6.09. The summed E-state index contributed by atoms with van der Waals surface area (Å²) in [6.45, 7) is 8.77. The van der Waals surface area contributed by atoms with E-state index in [0.717, 1.165) is 28.8 Å². The van der Waals surface area contributed by atoms with Crippen LogP contribution in [0, 0.1) is 13.8 Å². The molecule has 0 bridgehead atoms. The van der Waals surface area contributed by atoms with Gasteiger partial charge in [-0.2, -0.15) is 0 Å². The van der Waals surface area contributed by atoms with Crippen molar-refractivity contribution in [3.8, 4) is 11.1 Å². The van der Waals surface area contributed by atoms with E-state index in [9.17, 15) is 0 Å². The summed E-state index contributed by atoms with van der Waals surface area (Å²) in [5, 5.41) is 2.45. The van der Waals surface area contributed by atoms with Crippen LogP contribution in [0.1, 0.15) is 62.4 Å². The van der Waals surface area contributed by atoms with Crippen LogP contribution in [-0.4, -0.2) is 9.97 Å². The molecule has 0 radical (unpaired) electrons. The Bertz CT molecular complexity index is 1150. The number of pyridine rings is 2. The first-order chi connectivity index (χ1) is 14.1. The monoisotopic (exact) mass is 382 g/mol. The average Bonchev–Trinajstić information content (AvgIpc) is 2.74.